The zero-order chi connectivity index (χ0) is 15.7. The number of nitrogens with one attached hydrogen (secondary N) is 1. The Morgan fingerprint density at radius 3 is 2.42 bits per heavy atom. The highest BCUT2D eigenvalue weighted by molar-refractivity contribution is 6.17. The fourth-order valence-electron chi connectivity index (χ4n) is 4.96. The van der Waals surface area contributed by atoms with Crippen molar-refractivity contribution in [1.82, 2.24) is 0 Å². The van der Waals surface area contributed by atoms with Gasteiger partial charge in [0.25, 0.3) is 0 Å². The van der Waals surface area contributed by atoms with Crippen LogP contribution in [0.2, 0.25) is 0 Å². The molecule has 1 spiro atoms. The van der Waals surface area contributed by atoms with Gasteiger partial charge in [0, 0.05) is 17.5 Å². The number of hydrogen-bond donors (Lipinski definition) is 1. The van der Waals surface area contributed by atoms with Crippen LogP contribution >= 0.6 is 0 Å². The largest absolute Gasteiger partial charge is 0.343 e. The van der Waals surface area contributed by atoms with Crippen molar-refractivity contribution in [1.29, 1.82) is 0 Å². The smallest absolute Gasteiger partial charge is 0.119 e. The molecule has 0 amide bonds. The number of anilines is 1. The summed E-state index contributed by atoms with van der Waals surface area (Å²) < 4.78 is 0. The molecule has 3 aromatic rings. The standard InChI is InChI=1S/C22H16N2/c1-2-8-14(9-3-1)19-20-15-10-4-6-12-17(15)23-21-22(19,20)16-11-5-7-13-18(16)24-21/h1-13,19-20H,(H,23,24)/t19-,20+,22?/m0/s1. The lowest BCUT2D eigenvalue weighted by Crippen LogP contribution is -2.24. The van der Waals surface area contributed by atoms with Crippen molar-refractivity contribution in [2.45, 2.75) is 17.3 Å². The molecule has 24 heavy (non-hydrogen) atoms. The van der Waals surface area contributed by atoms with Crippen molar-refractivity contribution >= 4 is 17.2 Å². The molecule has 114 valence electrons. The lowest BCUT2D eigenvalue weighted by atomic mass is 9.88. The maximum absolute atomic E-state index is 5.02. The zero-order valence-corrected chi connectivity index (χ0v) is 13.1. The number of benzene rings is 3. The van der Waals surface area contributed by atoms with E-state index in [1.165, 1.54) is 22.4 Å². The predicted octanol–water partition coefficient (Wildman–Crippen LogP) is 4.97. The highest BCUT2D eigenvalue weighted by atomic mass is 15.1. The van der Waals surface area contributed by atoms with Crippen molar-refractivity contribution in [3.63, 3.8) is 0 Å². The molecule has 0 bridgehead atoms. The van der Waals surface area contributed by atoms with E-state index >= 15 is 0 Å². The molecule has 3 atom stereocenters. The van der Waals surface area contributed by atoms with Gasteiger partial charge in [-0.05, 0) is 28.8 Å². The Hall–Kier alpha value is -2.87. The normalized spacial score (nSPS) is 27.9. The molecule has 2 nitrogen and oxygen atoms in total. The molecule has 0 aromatic heterocycles. The van der Waals surface area contributed by atoms with Crippen LogP contribution in [0.3, 0.4) is 0 Å². The van der Waals surface area contributed by atoms with Gasteiger partial charge in [-0.15, -0.1) is 0 Å². The Labute approximate surface area is 140 Å². The van der Waals surface area contributed by atoms with E-state index in [-0.39, 0.29) is 5.41 Å². The van der Waals surface area contributed by atoms with Crippen LogP contribution in [0, 0.1) is 0 Å². The summed E-state index contributed by atoms with van der Waals surface area (Å²) in [5, 5.41) is 3.61. The minimum atomic E-state index is -0.00764. The fourth-order valence-corrected chi connectivity index (χ4v) is 4.96. The Kier molecular flexibility index (Phi) is 2.17. The van der Waals surface area contributed by atoms with E-state index in [1.807, 2.05) is 0 Å². The van der Waals surface area contributed by atoms with E-state index in [1.54, 1.807) is 0 Å². The topological polar surface area (TPSA) is 24.4 Å². The van der Waals surface area contributed by atoms with E-state index < -0.39 is 0 Å². The number of amidine groups is 1. The minimum absolute atomic E-state index is 0.00764. The lowest BCUT2D eigenvalue weighted by Gasteiger charge is -2.18. The summed E-state index contributed by atoms with van der Waals surface area (Å²) >= 11 is 0. The average Bonchev–Trinajstić information content (AvgIpc) is 3.25. The Morgan fingerprint density at radius 1 is 0.750 bits per heavy atom. The maximum Gasteiger partial charge on any atom is 0.119 e. The molecule has 2 heteroatoms. The van der Waals surface area contributed by atoms with Crippen LogP contribution in [0.4, 0.5) is 11.4 Å². The molecular weight excluding hydrogens is 292 g/mol. The SMILES string of the molecule is c1ccc([C@H]2[C@H]3c4ccccc4N=C4Nc5ccccc5C432)cc1. The van der Waals surface area contributed by atoms with Crippen molar-refractivity contribution in [3.05, 3.63) is 95.6 Å². The Morgan fingerprint density at radius 2 is 1.50 bits per heavy atom. The third-order valence-corrected chi connectivity index (χ3v) is 5.89. The van der Waals surface area contributed by atoms with Crippen LogP contribution in [0.25, 0.3) is 0 Å². The molecular formula is C22H16N2. The van der Waals surface area contributed by atoms with Gasteiger partial charge < -0.3 is 5.32 Å². The predicted molar refractivity (Wildman–Crippen MR) is 97.2 cm³/mol. The third kappa shape index (κ3) is 1.32. The number of fused-ring (bicyclic) bond motifs is 3. The van der Waals surface area contributed by atoms with E-state index in [0.29, 0.717) is 11.8 Å². The average molecular weight is 308 g/mol. The number of hydrogen-bond acceptors (Lipinski definition) is 2. The zero-order valence-electron chi connectivity index (χ0n) is 13.1. The molecule has 1 unspecified atom stereocenters. The lowest BCUT2D eigenvalue weighted by molar-refractivity contribution is 0.881. The van der Waals surface area contributed by atoms with Gasteiger partial charge >= 0.3 is 0 Å². The molecule has 1 aliphatic carbocycles. The van der Waals surface area contributed by atoms with E-state index in [0.717, 1.165) is 11.5 Å². The quantitative estimate of drug-likeness (QED) is 0.674. The first-order chi connectivity index (χ1) is 11.9. The van der Waals surface area contributed by atoms with Crippen LogP contribution in [0.15, 0.2) is 83.9 Å². The molecule has 3 aliphatic rings. The maximum atomic E-state index is 5.02. The first-order valence-corrected chi connectivity index (χ1v) is 8.50. The second-order valence-electron chi connectivity index (χ2n) is 6.92. The number of aliphatic imine (C=N–C) groups is 1. The van der Waals surface area contributed by atoms with Gasteiger partial charge in [-0.2, -0.15) is 0 Å². The summed E-state index contributed by atoms with van der Waals surface area (Å²) in [5.74, 6) is 2.05. The summed E-state index contributed by atoms with van der Waals surface area (Å²) in [6.45, 7) is 0. The first kappa shape index (κ1) is 12.5. The van der Waals surface area contributed by atoms with E-state index in [9.17, 15) is 0 Å². The highest BCUT2D eigenvalue weighted by Gasteiger charge is 2.73. The van der Waals surface area contributed by atoms with Gasteiger partial charge in [-0.1, -0.05) is 66.7 Å². The molecule has 0 saturated heterocycles. The van der Waals surface area contributed by atoms with Crippen LogP contribution in [-0.4, -0.2) is 5.84 Å². The van der Waals surface area contributed by atoms with Gasteiger partial charge in [0.15, 0.2) is 0 Å². The summed E-state index contributed by atoms with van der Waals surface area (Å²) in [4.78, 5) is 5.02. The van der Waals surface area contributed by atoms with Crippen molar-refractivity contribution in [3.8, 4) is 0 Å². The van der Waals surface area contributed by atoms with Crippen molar-refractivity contribution < 1.29 is 0 Å². The van der Waals surface area contributed by atoms with E-state index in [4.69, 9.17) is 4.99 Å². The first-order valence-electron chi connectivity index (χ1n) is 8.50. The number of para-hydroxylation sites is 2. The summed E-state index contributed by atoms with van der Waals surface area (Å²) in [7, 11) is 0. The Balaban J connectivity index is 1.66. The fraction of sp³-hybridized carbons (Fsp3) is 0.136. The van der Waals surface area contributed by atoms with Gasteiger partial charge in [0.05, 0.1) is 11.1 Å². The molecule has 1 N–H and O–H groups in total. The Bertz CT molecular complexity index is 999. The van der Waals surface area contributed by atoms with Gasteiger partial charge in [-0.3, -0.25) is 0 Å². The van der Waals surface area contributed by atoms with Gasteiger partial charge in [-0.25, -0.2) is 4.99 Å². The molecule has 2 heterocycles. The minimum Gasteiger partial charge on any atom is -0.343 e. The van der Waals surface area contributed by atoms with Crippen LogP contribution in [0.1, 0.15) is 28.5 Å². The van der Waals surface area contributed by atoms with Gasteiger partial charge in [0.2, 0.25) is 0 Å². The molecule has 1 saturated carbocycles. The molecule has 3 aromatic carbocycles. The molecule has 6 rings (SSSR count). The molecule has 1 fully saturated rings. The van der Waals surface area contributed by atoms with Crippen LogP contribution in [-0.2, 0) is 5.41 Å². The second kappa shape index (κ2) is 4.15. The molecule has 0 radical (unpaired) electrons. The summed E-state index contributed by atoms with van der Waals surface area (Å²) in [6, 6.07) is 28.2. The van der Waals surface area contributed by atoms with Crippen molar-refractivity contribution in [2.24, 2.45) is 4.99 Å². The monoisotopic (exact) mass is 308 g/mol. The second-order valence-corrected chi connectivity index (χ2v) is 6.92. The summed E-state index contributed by atoms with van der Waals surface area (Å²) in [6.07, 6.45) is 0. The van der Waals surface area contributed by atoms with Crippen LogP contribution in [0.5, 0.6) is 0 Å². The number of rotatable bonds is 1. The van der Waals surface area contributed by atoms with Crippen molar-refractivity contribution in [2.75, 3.05) is 5.32 Å². The molecule has 2 aliphatic heterocycles. The van der Waals surface area contributed by atoms with Gasteiger partial charge in [0.1, 0.15) is 5.84 Å². The number of nitrogens with zero attached hydrogens (tertiary/aromatic N) is 1. The highest BCUT2D eigenvalue weighted by Crippen LogP contribution is 2.76. The summed E-state index contributed by atoms with van der Waals surface area (Å²) in [5.41, 5.74) is 6.52. The van der Waals surface area contributed by atoms with E-state index in [2.05, 4.69) is 84.2 Å². The van der Waals surface area contributed by atoms with Crippen LogP contribution < -0.4 is 5.32 Å². The third-order valence-electron chi connectivity index (χ3n) is 5.89.